The van der Waals surface area contributed by atoms with E-state index in [9.17, 15) is 28.0 Å². The predicted octanol–water partition coefficient (Wildman–Crippen LogP) is 6.31. The number of benzene rings is 4. The number of halogens is 3. The Kier molecular flexibility index (Phi) is 18.4. The van der Waals surface area contributed by atoms with E-state index in [2.05, 4.69) is 78.2 Å². The van der Waals surface area contributed by atoms with Gasteiger partial charge < -0.3 is 49.4 Å². The zero-order valence-electron chi connectivity index (χ0n) is 37.6. The average molecular weight is 930 g/mol. The van der Waals surface area contributed by atoms with Gasteiger partial charge in [0.15, 0.2) is 0 Å². The highest BCUT2D eigenvalue weighted by atomic mass is 35.5. The van der Waals surface area contributed by atoms with Gasteiger partial charge in [0.1, 0.15) is 28.9 Å². The molecule has 0 aliphatic carbocycles. The number of carboxylic acids is 2. The molecule has 0 amide bonds. The lowest BCUT2D eigenvalue weighted by Crippen LogP contribution is -2.43. The van der Waals surface area contributed by atoms with Crippen molar-refractivity contribution in [3.63, 3.8) is 0 Å². The minimum absolute atomic E-state index is 0. The van der Waals surface area contributed by atoms with Crippen LogP contribution < -0.4 is 31.3 Å². The Morgan fingerprint density at radius 3 is 1.38 bits per heavy atom. The molecule has 4 aromatic carbocycles. The van der Waals surface area contributed by atoms with Crippen molar-refractivity contribution in [1.82, 2.24) is 24.7 Å². The summed E-state index contributed by atoms with van der Waals surface area (Å²) < 4.78 is 38.4. The molecule has 17 heteroatoms. The van der Waals surface area contributed by atoms with Crippen molar-refractivity contribution in [2.45, 2.75) is 33.0 Å². The molecule has 2 aliphatic heterocycles. The molecule has 0 bridgehead atoms. The van der Waals surface area contributed by atoms with Gasteiger partial charge in [-0.3, -0.25) is 9.59 Å². The lowest BCUT2D eigenvalue weighted by Gasteiger charge is -2.30. The quantitative estimate of drug-likeness (QED) is 0.108. The van der Waals surface area contributed by atoms with Gasteiger partial charge in [-0.15, -0.1) is 12.4 Å². The second kappa shape index (κ2) is 23.8. The maximum Gasteiger partial charge on any atom is 0.341 e. The summed E-state index contributed by atoms with van der Waals surface area (Å²) in [6.07, 6.45) is 2.67. The van der Waals surface area contributed by atoms with Crippen LogP contribution in [0.25, 0.3) is 21.8 Å². The lowest BCUT2D eigenvalue weighted by atomic mass is 10.0. The maximum absolute atomic E-state index is 14.5. The van der Waals surface area contributed by atoms with Crippen LogP contribution in [0.1, 0.15) is 51.8 Å². The first-order valence-corrected chi connectivity index (χ1v) is 21.8. The molecule has 6 aromatic rings. The molecular formula is C49H58ClF2N7O7. The van der Waals surface area contributed by atoms with E-state index >= 15 is 0 Å². The monoisotopic (exact) mass is 929 g/mol. The van der Waals surface area contributed by atoms with E-state index in [0.717, 1.165) is 51.5 Å². The number of hydrogen-bond donors (Lipinski definition) is 4. The summed E-state index contributed by atoms with van der Waals surface area (Å²) in [4.78, 5) is 53.0. The fraction of sp³-hybridized carbons (Fsp3) is 0.347. The van der Waals surface area contributed by atoms with E-state index in [4.69, 9.17) is 14.9 Å². The summed E-state index contributed by atoms with van der Waals surface area (Å²) in [7, 11) is 4.12. The van der Waals surface area contributed by atoms with Gasteiger partial charge >= 0.3 is 11.9 Å². The molecular weight excluding hydrogens is 872 g/mol. The minimum Gasteiger partial charge on any atom is -0.477 e. The predicted molar refractivity (Wildman–Crippen MR) is 258 cm³/mol. The Hall–Kier alpha value is -6.17. The molecule has 2 fully saturated rings. The standard InChI is InChI=1S/C17H21NO.2C16H18FN3O3.ClH/c1-18(2)13-14-19-17(15-9-5-3-6-10-15)16-11-7-4-8-12-16;2*1-2-19-9-11(16(22)23)15(21)10-7-12(17)14(8-13(10)19)20-5-3-18-4-6-20;/h3-12,17H,13-14H2,1-2H3;2*7-9,18H,2-6H2,1H3,(H,22,23);1H. The zero-order chi connectivity index (χ0) is 46.6. The number of likely N-dealkylation sites (N-methyl/N-ethyl adjacent to an activating group) is 1. The third-order valence-electron chi connectivity index (χ3n) is 11.4. The number of carboxylic acid groups (broad SMARTS) is 2. The van der Waals surface area contributed by atoms with Gasteiger partial charge in [0.25, 0.3) is 0 Å². The van der Waals surface area contributed by atoms with Crippen LogP contribution in [0.15, 0.2) is 107 Å². The van der Waals surface area contributed by atoms with Crippen molar-refractivity contribution >= 4 is 57.5 Å². The third-order valence-corrected chi connectivity index (χ3v) is 11.4. The number of rotatable bonds is 12. The van der Waals surface area contributed by atoms with Crippen molar-refractivity contribution in [3.8, 4) is 0 Å². The number of aromatic nitrogens is 2. The number of nitrogens with zero attached hydrogens (tertiary/aromatic N) is 5. The lowest BCUT2D eigenvalue weighted by molar-refractivity contribution is 0.0684. The molecule has 2 aromatic heterocycles. The number of aryl methyl sites for hydroxylation is 2. The van der Waals surface area contributed by atoms with Gasteiger partial charge in [0, 0.05) is 95.2 Å². The van der Waals surface area contributed by atoms with Crippen molar-refractivity contribution in [2.75, 3.05) is 89.4 Å². The molecule has 66 heavy (non-hydrogen) atoms. The van der Waals surface area contributed by atoms with Gasteiger partial charge in [-0.2, -0.15) is 0 Å². The van der Waals surface area contributed by atoms with E-state index < -0.39 is 34.4 Å². The Morgan fingerprint density at radius 1 is 0.667 bits per heavy atom. The number of fused-ring (bicyclic) bond motifs is 2. The molecule has 2 saturated heterocycles. The number of piperazine rings is 2. The molecule has 352 valence electrons. The Balaban J connectivity index is 0.000000185. The average Bonchev–Trinajstić information content (AvgIpc) is 3.32. The second-order valence-corrected chi connectivity index (χ2v) is 15.9. The van der Waals surface area contributed by atoms with E-state index in [1.165, 1.54) is 23.5 Å². The van der Waals surface area contributed by atoms with Crippen LogP contribution in [0.4, 0.5) is 20.2 Å². The molecule has 2 aliphatic rings. The molecule has 0 unspecified atom stereocenters. The van der Waals surface area contributed by atoms with E-state index in [1.54, 1.807) is 21.3 Å². The normalized spacial score (nSPS) is 13.8. The number of hydrogen-bond acceptors (Lipinski definition) is 10. The smallest absolute Gasteiger partial charge is 0.341 e. The second-order valence-electron chi connectivity index (χ2n) is 15.9. The number of carbonyl (C=O) groups is 2. The Bertz CT molecular complexity index is 2530. The summed E-state index contributed by atoms with van der Waals surface area (Å²) in [5.41, 5.74) is 2.43. The van der Waals surface area contributed by atoms with Crippen molar-refractivity contribution in [2.24, 2.45) is 0 Å². The largest absolute Gasteiger partial charge is 0.477 e. The van der Waals surface area contributed by atoms with E-state index in [0.29, 0.717) is 61.7 Å². The number of nitrogens with one attached hydrogen (secondary N) is 2. The first-order valence-electron chi connectivity index (χ1n) is 21.8. The minimum atomic E-state index is -1.30. The first kappa shape index (κ1) is 50.8. The summed E-state index contributed by atoms with van der Waals surface area (Å²) in [6.45, 7) is 12.2. The number of anilines is 2. The number of ether oxygens (including phenoxy) is 1. The highest BCUT2D eigenvalue weighted by Gasteiger charge is 2.22. The summed E-state index contributed by atoms with van der Waals surface area (Å²) >= 11 is 0. The van der Waals surface area contributed by atoms with E-state index in [1.807, 2.05) is 35.8 Å². The highest BCUT2D eigenvalue weighted by Crippen LogP contribution is 2.28. The van der Waals surface area contributed by atoms with Crippen LogP contribution in [0, 0.1) is 11.6 Å². The van der Waals surface area contributed by atoms with Gasteiger partial charge in [-0.25, -0.2) is 18.4 Å². The van der Waals surface area contributed by atoms with Crippen LogP contribution in [-0.2, 0) is 17.8 Å². The summed E-state index contributed by atoms with van der Waals surface area (Å²) in [5, 5.41) is 24.9. The van der Waals surface area contributed by atoms with Gasteiger partial charge in [-0.1, -0.05) is 60.7 Å². The fourth-order valence-electron chi connectivity index (χ4n) is 7.92. The first-order chi connectivity index (χ1) is 31.3. The zero-order valence-corrected chi connectivity index (χ0v) is 38.5. The third kappa shape index (κ3) is 12.2. The Labute approximate surface area is 388 Å². The Morgan fingerprint density at radius 2 is 1.05 bits per heavy atom. The summed E-state index contributed by atoms with van der Waals surface area (Å²) in [5.74, 6) is -3.60. The molecule has 0 atom stereocenters. The van der Waals surface area contributed by atoms with Crippen molar-refractivity contribution < 1.29 is 33.3 Å². The molecule has 0 spiro atoms. The van der Waals surface area contributed by atoms with Crippen LogP contribution in [-0.4, -0.2) is 116 Å². The van der Waals surface area contributed by atoms with Crippen LogP contribution in [0.3, 0.4) is 0 Å². The van der Waals surface area contributed by atoms with Gasteiger partial charge in [-0.05, 0) is 63.3 Å². The van der Waals surface area contributed by atoms with Crippen LogP contribution in [0.5, 0.6) is 0 Å². The molecule has 0 radical (unpaired) electrons. The highest BCUT2D eigenvalue weighted by molar-refractivity contribution is 5.94. The molecule has 4 heterocycles. The number of aromatic carboxylic acids is 2. The van der Waals surface area contributed by atoms with Gasteiger partial charge in [0.2, 0.25) is 10.9 Å². The summed E-state index contributed by atoms with van der Waals surface area (Å²) in [6, 6.07) is 26.4. The molecule has 4 N–H and O–H groups in total. The van der Waals surface area contributed by atoms with Crippen LogP contribution in [0.2, 0.25) is 0 Å². The fourth-order valence-corrected chi connectivity index (χ4v) is 7.92. The number of pyridine rings is 2. The molecule has 14 nitrogen and oxygen atoms in total. The van der Waals surface area contributed by atoms with E-state index in [-0.39, 0.29) is 40.4 Å². The molecule has 8 rings (SSSR count). The molecule has 0 saturated carbocycles. The maximum atomic E-state index is 14.5. The van der Waals surface area contributed by atoms with Crippen molar-refractivity contribution in [3.05, 3.63) is 152 Å². The topological polar surface area (TPSA) is 162 Å². The van der Waals surface area contributed by atoms with Gasteiger partial charge in [0.05, 0.1) is 29.0 Å². The van der Waals surface area contributed by atoms with Crippen LogP contribution >= 0.6 is 12.4 Å². The SMILES string of the molecule is CCn1cc(C(=O)O)c(=O)c2cc(F)c(N3CCNCC3)cc21.CCn1cc(C(=O)O)c(=O)c2cc(F)c(N3CCNCC3)cc21.CN(C)CCOC(c1ccccc1)c1ccccc1.Cl. The van der Waals surface area contributed by atoms with Crippen molar-refractivity contribution in [1.29, 1.82) is 0 Å².